The molecule has 0 atom stereocenters. The van der Waals surface area contributed by atoms with E-state index in [1.807, 2.05) is 10.3 Å². The number of nitrogens with zero attached hydrogens (tertiary/aromatic N) is 3. The lowest BCUT2D eigenvalue weighted by atomic mass is 10.1. The molecule has 0 saturated carbocycles. The van der Waals surface area contributed by atoms with E-state index < -0.39 is 17.6 Å². The monoisotopic (exact) mass is 341 g/mol. The van der Waals surface area contributed by atoms with Crippen LogP contribution in [-0.4, -0.2) is 42.0 Å². The molecule has 23 heavy (non-hydrogen) atoms. The zero-order chi connectivity index (χ0) is 16.4. The third kappa shape index (κ3) is 3.31. The summed E-state index contributed by atoms with van der Waals surface area (Å²) in [6.45, 7) is 1.89. The first-order valence-corrected chi connectivity index (χ1v) is 7.95. The van der Waals surface area contributed by atoms with Gasteiger partial charge in [0.1, 0.15) is 0 Å². The Labute approximate surface area is 135 Å². The second kappa shape index (κ2) is 6.19. The molecule has 1 amide bonds. The van der Waals surface area contributed by atoms with Crippen molar-refractivity contribution in [3.63, 3.8) is 0 Å². The van der Waals surface area contributed by atoms with E-state index in [0.717, 1.165) is 11.2 Å². The van der Waals surface area contributed by atoms with E-state index in [0.29, 0.717) is 26.2 Å². The van der Waals surface area contributed by atoms with Gasteiger partial charge in [0.15, 0.2) is 5.13 Å². The van der Waals surface area contributed by atoms with Crippen LogP contribution in [0.25, 0.3) is 0 Å². The molecule has 2 heterocycles. The number of aromatic nitrogens is 1. The molecule has 0 N–H and O–H groups in total. The number of piperazine rings is 1. The maximum absolute atomic E-state index is 13.0. The van der Waals surface area contributed by atoms with Gasteiger partial charge in [-0.25, -0.2) is 4.98 Å². The molecular weight excluding hydrogens is 327 g/mol. The van der Waals surface area contributed by atoms with Gasteiger partial charge in [-0.1, -0.05) is 12.1 Å². The molecule has 0 unspecified atom stereocenters. The molecule has 1 aliphatic heterocycles. The fraction of sp³-hybridized carbons (Fsp3) is 0.333. The Balaban J connectivity index is 1.73. The molecule has 4 nitrogen and oxygen atoms in total. The minimum Gasteiger partial charge on any atom is -0.345 e. The number of amides is 1. The fourth-order valence-corrected chi connectivity index (χ4v) is 3.26. The molecule has 0 bridgehead atoms. The van der Waals surface area contributed by atoms with Gasteiger partial charge in [-0.15, -0.1) is 11.3 Å². The van der Waals surface area contributed by atoms with Crippen molar-refractivity contribution in [1.82, 2.24) is 9.88 Å². The third-order valence-corrected chi connectivity index (χ3v) is 4.55. The highest BCUT2D eigenvalue weighted by atomic mass is 32.1. The first kappa shape index (κ1) is 15.8. The smallest absolute Gasteiger partial charge is 0.345 e. The molecule has 122 valence electrons. The van der Waals surface area contributed by atoms with Gasteiger partial charge in [-0.2, -0.15) is 13.2 Å². The Kier molecular flexibility index (Phi) is 4.25. The molecule has 0 spiro atoms. The lowest BCUT2D eigenvalue weighted by Gasteiger charge is -2.35. The minimum absolute atomic E-state index is 0.289. The third-order valence-electron chi connectivity index (χ3n) is 3.72. The number of carbonyl (C=O) groups is 1. The summed E-state index contributed by atoms with van der Waals surface area (Å²) in [5, 5.41) is 2.74. The molecule has 1 aliphatic rings. The van der Waals surface area contributed by atoms with Crippen molar-refractivity contribution in [1.29, 1.82) is 0 Å². The van der Waals surface area contributed by atoms with E-state index in [1.54, 1.807) is 6.20 Å². The van der Waals surface area contributed by atoms with E-state index in [4.69, 9.17) is 0 Å². The highest BCUT2D eigenvalue weighted by molar-refractivity contribution is 7.13. The van der Waals surface area contributed by atoms with Crippen LogP contribution in [0, 0.1) is 0 Å². The van der Waals surface area contributed by atoms with Crippen LogP contribution < -0.4 is 4.90 Å². The van der Waals surface area contributed by atoms with Gasteiger partial charge in [-0.3, -0.25) is 4.79 Å². The molecule has 1 fully saturated rings. The molecule has 1 saturated heterocycles. The quantitative estimate of drug-likeness (QED) is 0.842. The lowest BCUT2D eigenvalue weighted by molar-refractivity contribution is -0.138. The first-order valence-electron chi connectivity index (χ1n) is 7.07. The van der Waals surface area contributed by atoms with Crippen LogP contribution in [-0.2, 0) is 6.18 Å². The Bertz CT molecular complexity index is 680. The van der Waals surface area contributed by atoms with Crippen molar-refractivity contribution in [3.8, 4) is 0 Å². The average Bonchev–Trinajstić information content (AvgIpc) is 3.08. The molecule has 2 aromatic rings. The Hall–Kier alpha value is -2.09. The van der Waals surface area contributed by atoms with Gasteiger partial charge in [0.05, 0.1) is 11.1 Å². The van der Waals surface area contributed by atoms with Crippen LogP contribution in [0.4, 0.5) is 18.3 Å². The second-order valence-corrected chi connectivity index (χ2v) is 6.01. The number of thiazole rings is 1. The number of carbonyl (C=O) groups excluding carboxylic acids is 1. The number of benzene rings is 1. The predicted octanol–water partition coefficient (Wildman–Crippen LogP) is 3.12. The lowest BCUT2D eigenvalue weighted by Crippen LogP contribution is -2.49. The standard InChI is InChI=1S/C15H14F3N3OS/c16-15(17,18)12-4-2-1-3-11(12)13(22)20-6-8-21(9-7-20)14-19-5-10-23-14/h1-5,10H,6-9H2. The maximum Gasteiger partial charge on any atom is 0.417 e. The molecule has 1 aromatic heterocycles. The molecule has 1 aromatic carbocycles. The molecule has 3 rings (SSSR count). The van der Waals surface area contributed by atoms with E-state index in [2.05, 4.69) is 4.98 Å². The topological polar surface area (TPSA) is 36.4 Å². The average molecular weight is 341 g/mol. The minimum atomic E-state index is -4.53. The van der Waals surface area contributed by atoms with Crippen molar-refractivity contribution in [3.05, 3.63) is 47.0 Å². The highest BCUT2D eigenvalue weighted by Gasteiger charge is 2.36. The Morgan fingerprint density at radius 2 is 1.83 bits per heavy atom. The SMILES string of the molecule is O=C(c1ccccc1C(F)(F)F)N1CCN(c2nccs2)CC1. The summed E-state index contributed by atoms with van der Waals surface area (Å²) in [6, 6.07) is 4.92. The number of hydrogen-bond acceptors (Lipinski definition) is 4. The Morgan fingerprint density at radius 1 is 1.13 bits per heavy atom. The zero-order valence-corrected chi connectivity index (χ0v) is 12.9. The zero-order valence-electron chi connectivity index (χ0n) is 12.1. The van der Waals surface area contributed by atoms with Gasteiger partial charge in [0.2, 0.25) is 0 Å². The molecule has 0 aliphatic carbocycles. The molecule has 8 heteroatoms. The number of rotatable bonds is 2. The number of alkyl halides is 3. The van der Waals surface area contributed by atoms with E-state index in [1.165, 1.54) is 34.4 Å². The number of halogens is 3. The fourth-order valence-electron chi connectivity index (χ4n) is 2.56. The van der Waals surface area contributed by atoms with E-state index >= 15 is 0 Å². The number of anilines is 1. The van der Waals surface area contributed by atoms with Crippen LogP contribution in [0.5, 0.6) is 0 Å². The summed E-state index contributed by atoms with van der Waals surface area (Å²) >= 11 is 1.50. The normalized spacial score (nSPS) is 15.8. The van der Waals surface area contributed by atoms with Gasteiger partial charge in [0, 0.05) is 37.8 Å². The van der Waals surface area contributed by atoms with Crippen molar-refractivity contribution in [2.24, 2.45) is 0 Å². The van der Waals surface area contributed by atoms with E-state index in [-0.39, 0.29) is 5.56 Å². The summed E-state index contributed by atoms with van der Waals surface area (Å²) in [6.07, 6.45) is -2.83. The summed E-state index contributed by atoms with van der Waals surface area (Å²) < 4.78 is 39.1. The van der Waals surface area contributed by atoms with Gasteiger partial charge >= 0.3 is 6.18 Å². The van der Waals surface area contributed by atoms with Crippen LogP contribution >= 0.6 is 11.3 Å². The first-order chi connectivity index (χ1) is 11.0. The van der Waals surface area contributed by atoms with Crippen molar-refractivity contribution in [2.45, 2.75) is 6.18 Å². The van der Waals surface area contributed by atoms with Gasteiger partial charge in [0.25, 0.3) is 5.91 Å². The van der Waals surface area contributed by atoms with Crippen LogP contribution in [0.1, 0.15) is 15.9 Å². The predicted molar refractivity (Wildman–Crippen MR) is 81.7 cm³/mol. The van der Waals surface area contributed by atoms with Crippen LogP contribution in [0.15, 0.2) is 35.8 Å². The Morgan fingerprint density at radius 3 is 2.43 bits per heavy atom. The summed E-state index contributed by atoms with van der Waals surface area (Å²) in [7, 11) is 0. The highest BCUT2D eigenvalue weighted by Crippen LogP contribution is 2.32. The van der Waals surface area contributed by atoms with Gasteiger partial charge < -0.3 is 9.80 Å². The van der Waals surface area contributed by atoms with E-state index in [9.17, 15) is 18.0 Å². The van der Waals surface area contributed by atoms with Crippen molar-refractivity contribution >= 4 is 22.4 Å². The largest absolute Gasteiger partial charge is 0.417 e. The summed E-state index contributed by atoms with van der Waals surface area (Å²) in [4.78, 5) is 20.2. The van der Waals surface area contributed by atoms with Gasteiger partial charge in [-0.05, 0) is 12.1 Å². The number of hydrogen-bond donors (Lipinski definition) is 0. The van der Waals surface area contributed by atoms with Crippen molar-refractivity contribution in [2.75, 3.05) is 31.1 Å². The van der Waals surface area contributed by atoms with Crippen molar-refractivity contribution < 1.29 is 18.0 Å². The second-order valence-electron chi connectivity index (χ2n) is 5.14. The summed E-state index contributed by atoms with van der Waals surface area (Å²) in [5.41, 5.74) is -1.17. The maximum atomic E-state index is 13.0. The van der Waals surface area contributed by atoms with Crippen LogP contribution in [0.2, 0.25) is 0 Å². The molecular formula is C15H14F3N3OS. The molecule has 0 radical (unpaired) electrons. The van der Waals surface area contributed by atoms with Crippen LogP contribution in [0.3, 0.4) is 0 Å². The summed E-state index contributed by atoms with van der Waals surface area (Å²) in [5.74, 6) is -0.572.